The molecule has 0 radical (unpaired) electrons. The molecular weight excluding hydrogens is 369 g/mol. The summed E-state index contributed by atoms with van der Waals surface area (Å²) in [7, 11) is 4.04. The SMILES string of the molecule is CN1CCC(N(C)C2=C(c3ccc(F)cc3)C(=O)N(C3CCCCC3)C2=O)CC1. The first-order valence-corrected chi connectivity index (χ1v) is 10.8. The highest BCUT2D eigenvalue weighted by atomic mass is 19.1. The van der Waals surface area contributed by atoms with Crippen LogP contribution in [0.5, 0.6) is 0 Å². The van der Waals surface area contributed by atoms with Gasteiger partial charge in [0.05, 0.1) is 5.57 Å². The summed E-state index contributed by atoms with van der Waals surface area (Å²) in [6.07, 6.45) is 6.92. The first-order valence-electron chi connectivity index (χ1n) is 10.8. The van der Waals surface area contributed by atoms with Crippen LogP contribution in [0.25, 0.3) is 5.57 Å². The van der Waals surface area contributed by atoms with Gasteiger partial charge >= 0.3 is 0 Å². The maximum Gasteiger partial charge on any atom is 0.278 e. The number of hydrogen-bond acceptors (Lipinski definition) is 4. The lowest BCUT2D eigenvalue weighted by atomic mass is 9.94. The molecule has 1 aromatic rings. The smallest absolute Gasteiger partial charge is 0.278 e. The highest BCUT2D eigenvalue weighted by molar-refractivity contribution is 6.35. The summed E-state index contributed by atoms with van der Waals surface area (Å²) in [5, 5.41) is 0. The Morgan fingerprint density at radius 2 is 1.55 bits per heavy atom. The van der Waals surface area contributed by atoms with Crippen molar-refractivity contribution >= 4 is 17.4 Å². The normalized spacial score (nSPS) is 22.7. The van der Waals surface area contributed by atoms with Crippen LogP contribution in [0, 0.1) is 5.82 Å². The van der Waals surface area contributed by atoms with Gasteiger partial charge in [0.25, 0.3) is 11.8 Å². The fraction of sp³-hybridized carbons (Fsp3) is 0.565. The summed E-state index contributed by atoms with van der Waals surface area (Å²) in [4.78, 5) is 32.8. The Labute approximate surface area is 172 Å². The van der Waals surface area contributed by atoms with Gasteiger partial charge in [0, 0.05) is 19.1 Å². The molecule has 0 N–H and O–H groups in total. The Morgan fingerprint density at radius 1 is 0.931 bits per heavy atom. The average Bonchev–Trinajstić information content (AvgIpc) is 2.99. The number of likely N-dealkylation sites (tertiary alicyclic amines) is 1. The van der Waals surface area contributed by atoms with Crippen molar-refractivity contribution in [2.75, 3.05) is 27.2 Å². The molecule has 29 heavy (non-hydrogen) atoms. The van der Waals surface area contributed by atoms with Gasteiger partial charge in [-0.1, -0.05) is 31.4 Å². The van der Waals surface area contributed by atoms with Crippen LogP contribution < -0.4 is 0 Å². The van der Waals surface area contributed by atoms with Gasteiger partial charge in [-0.2, -0.15) is 0 Å². The lowest BCUT2D eigenvalue weighted by Gasteiger charge is -2.37. The molecule has 0 bridgehead atoms. The quantitative estimate of drug-likeness (QED) is 0.729. The van der Waals surface area contributed by atoms with E-state index in [1.165, 1.54) is 17.0 Å². The topological polar surface area (TPSA) is 43.9 Å². The van der Waals surface area contributed by atoms with Gasteiger partial charge in [-0.3, -0.25) is 14.5 Å². The molecule has 0 unspecified atom stereocenters. The Bertz CT molecular complexity index is 806. The maximum absolute atomic E-state index is 13.5. The molecule has 1 aromatic carbocycles. The Kier molecular flexibility index (Phi) is 5.72. The van der Waals surface area contributed by atoms with E-state index in [-0.39, 0.29) is 29.7 Å². The lowest BCUT2D eigenvalue weighted by molar-refractivity contribution is -0.141. The molecule has 1 saturated carbocycles. The summed E-state index contributed by atoms with van der Waals surface area (Å²) in [6, 6.07) is 6.14. The second-order valence-electron chi connectivity index (χ2n) is 8.65. The fourth-order valence-corrected chi connectivity index (χ4v) is 4.97. The summed E-state index contributed by atoms with van der Waals surface area (Å²) < 4.78 is 13.5. The number of amides is 2. The molecule has 2 heterocycles. The zero-order valence-corrected chi connectivity index (χ0v) is 17.4. The maximum atomic E-state index is 13.5. The first kappa shape index (κ1) is 20.1. The van der Waals surface area contributed by atoms with Crippen LogP contribution in [0.2, 0.25) is 0 Å². The minimum absolute atomic E-state index is 0.0254. The molecular formula is C23H30FN3O2. The second-order valence-corrected chi connectivity index (χ2v) is 8.65. The number of rotatable bonds is 4. The Hall–Kier alpha value is -2.21. The van der Waals surface area contributed by atoms with Gasteiger partial charge in [-0.25, -0.2) is 4.39 Å². The van der Waals surface area contributed by atoms with E-state index in [9.17, 15) is 14.0 Å². The molecule has 6 heteroatoms. The summed E-state index contributed by atoms with van der Waals surface area (Å²) in [6.45, 7) is 1.95. The number of likely N-dealkylation sites (N-methyl/N-ethyl adjacent to an activating group) is 1. The minimum atomic E-state index is -0.347. The molecule has 156 valence electrons. The molecule has 1 aliphatic carbocycles. The van der Waals surface area contributed by atoms with Gasteiger partial charge in [0.15, 0.2) is 0 Å². The molecule has 0 atom stereocenters. The summed E-state index contributed by atoms with van der Waals surface area (Å²) >= 11 is 0. The van der Waals surface area contributed by atoms with Crippen molar-refractivity contribution in [2.24, 2.45) is 0 Å². The monoisotopic (exact) mass is 399 g/mol. The van der Waals surface area contributed by atoms with E-state index < -0.39 is 0 Å². The number of halogens is 1. The van der Waals surface area contributed by atoms with E-state index in [0.29, 0.717) is 16.8 Å². The second kappa shape index (κ2) is 8.27. The van der Waals surface area contributed by atoms with E-state index >= 15 is 0 Å². The lowest BCUT2D eigenvalue weighted by Crippen LogP contribution is -2.46. The van der Waals surface area contributed by atoms with Crippen molar-refractivity contribution in [3.8, 4) is 0 Å². The molecule has 5 nitrogen and oxygen atoms in total. The summed E-state index contributed by atoms with van der Waals surface area (Å²) in [5.74, 6) is -0.744. The Balaban J connectivity index is 1.71. The van der Waals surface area contributed by atoms with Crippen LogP contribution in [0.1, 0.15) is 50.5 Å². The van der Waals surface area contributed by atoms with E-state index in [1.54, 1.807) is 12.1 Å². The number of carbonyl (C=O) groups is 2. The van der Waals surface area contributed by atoms with Crippen LogP contribution in [0.4, 0.5) is 4.39 Å². The first-order chi connectivity index (χ1) is 14.0. The number of piperidine rings is 1. The van der Waals surface area contributed by atoms with Crippen molar-refractivity contribution in [2.45, 2.75) is 57.0 Å². The standard InChI is InChI=1S/C23H30FN3O2/c1-25-14-12-18(13-15-25)26(2)21-20(16-8-10-17(24)11-9-16)22(28)27(23(21)29)19-6-4-3-5-7-19/h8-11,18-19H,3-7,12-15H2,1-2H3. The zero-order chi connectivity index (χ0) is 20.5. The predicted octanol–water partition coefficient (Wildman–Crippen LogP) is 3.26. The van der Waals surface area contributed by atoms with E-state index in [2.05, 4.69) is 11.9 Å². The molecule has 1 saturated heterocycles. The van der Waals surface area contributed by atoms with Crippen molar-refractivity contribution in [3.05, 3.63) is 41.3 Å². The number of benzene rings is 1. The van der Waals surface area contributed by atoms with Crippen LogP contribution >= 0.6 is 0 Å². The van der Waals surface area contributed by atoms with E-state index in [4.69, 9.17) is 0 Å². The van der Waals surface area contributed by atoms with Gasteiger partial charge in [0.2, 0.25) is 0 Å². The zero-order valence-electron chi connectivity index (χ0n) is 17.4. The molecule has 3 aliphatic rings. The molecule has 2 aliphatic heterocycles. The van der Waals surface area contributed by atoms with Gasteiger partial charge in [0.1, 0.15) is 11.5 Å². The number of nitrogens with zero attached hydrogens (tertiary/aromatic N) is 3. The fourth-order valence-electron chi connectivity index (χ4n) is 4.97. The van der Waals surface area contributed by atoms with Crippen LogP contribution in [0.3, 0.4) is 0 Å². The van der Waals surface area contributed by atoms with E-state index in [1.807, 2.05) is 11.9 Å². The molecule has 4 rings (SSSR count). The van der Waals surface area contributed by atoms with Crippen LogP contribution in [-0.2, 0) is 9.59 Å². The third-order valence-electron chi connectivity index (χ3n) is 6.75. The van der Waals surface area contributed by atoms with Gasteiger partial charge < -0.3 is 9.80 Å². The number of hydrogen-bond donors (Lipinski definition) is 0. The third-order valence-corrected chi connectivity index (χ3v) is 6.75. The van der Waals surface area contributed by atoms with Crippen molar-refractivity contribution in [1.29, 1.82) is 0 Å². The number of carbonyl (C=O) groups excluding carboxylic acids is 2. The van der Waals surface area contributed by atoms with Crippen LogP contribution in [-0.4, -0.2) is 65.8 Å². The van der Waals surface area contributed by atoms with Crippen molar-refractivity contribution in [1.82, 2.24) is 14.7 Å². The minimum Gasteiger partial charge on any atom is -0.366 e. The molecule has 2 fully saturated rings. The third kappa shape index (κ3) is 3.82. The molecule has 0 spiro atoms. The van der Waals surface area contributed by atoms with E-state index in [0.717, 1.165) is 58.0 Å². The largest absolute Gasteiger partial charge is 0.366 e. The average molecular weight is 400 g/mol. The number of imide groups is 1. The van der Waals surface area contributed by atoms with Gasteiger partial charge in [-0.15, -0.1) is 0 Å². The highest BCUT2D eigenvalue weighted by Gasteiger charge is 2.45. The molecule has 2 amide bonds. The highest BCUT2D eigenvalue weighted by Crippen LogP contribution is 2.37. The van der Waals surface area contributed by atoms with Crippen LogP contribution in [0.15, 0.2) is 30.0 Å². The molecule has 0 aromatic heterocycles. The Morgan fingerprint density at radius 3 is 2.17 bits per heavy atom. The van der Waals surface area contributed by atoms with Crippen molar-refractivity contribution < 1.29 is 14.0 Å². The summed E-state index contributed by atoms with van der Waals surface area (Å²) in [5.41, 5.74) is 1.54. The van der Waals surface area contributed by atoms with Gasteiger partial charge in [-0.05, 0) is 63.5 Å². The van der Waals surface area contributed by atoms with Crippen molar-refractivity contribution in [3.63, 3.8) is 0 Å². The predicted molar refractivity (Wildman–Crippen MR) is 110 cm³/mol.